The monoisotopic (exact) mass is 510 g/mol. The lowest BCUT2D eigenvalue weighted by atomic mass is 10.0. The van der Waals surface area contributed by atoms with E-state index in [4.69, 9.17) is 10.1 Å². The first kappa shape index (κ1) is 25.9. The smallest absolute Gasteiger partial charge is 0.227 e. The quantitative estimate of drug-likeness (QED) is 0.249. The van der Waals surface area contributed by atoms with Crippen LogP contribution in [0.4, 0.5) is 5.82 Å². The third-order valence-corrected chi connectivity index (χ3v) is 7.57. The minimum Gasteiger partial charge on any atom is -0.370 e. The van der Waals surface area contributed by atoms with Crippen LogP contribution in [0.1, 0.15) is 56.8 Å². The number of hydrogen-bond donors (Lipinski definition) is 1. The Morgan fingerprint density at radius 3 is 2.76 bits per heavy atom. The third-order valence-electron chi connectivity index (χ3n) is 7.57. The van der Waals surface area contributed by atoms with Crippen molar-refractivity contribution >= 4 is 22.5 Å². The number of carbonyl (C=O) groups is 1. The SMILES string of the molecule is CCCCNc1cc(-c2nc(C)n(CCN(C(=O)Cc3cccc4ccccc34)C3CCCC3)n2)ccn1. The first-order chi connectivity index (χ1) is 18.6. The van der Waals surface area contributed by atoms with Gasteiger partial charge in [0.15, 0.2) is 5.82 Å². The van der Waals surface area contributed by atoms with E-state index in [1.807, 2.05) is 35.9 Å². The van der Waals surface area contributed by atoms with Crippen molar-refractivity contribution in [1.29, 1.82) is 0 Å². The number of nitrogens with zero attached hydrogens (tertiary/aromatic N) is 5. The van der Waals surface area contributed by atoms with E-state index in [0.29, 0.717) is 31.4 Å². The molecule has 0 atom stereocenters. The number of amides is 1. The molecular formula is C31H38N6O. The Bertz CT molecular complexity index is 1370. The molecule has 2 aromatic heterocycles. The summed E-state index contributed by atoms with van der Waals surface area (Å²) in [6.45, 7) is 6.32. The predicted octanol–water partition coefficient (Wildman–Crippen LogP) is 6.03. The number of benzene rings is 2. The molecule has 4 aromatic rings. The molecule has 0 bridgehead atoms. The van der Waals surface area contributed by atoms with Gasteiger partial charge in [0, 0.05) is 30.9 Å². The van der Waals surface area contributed by atoms with Crippen LogP contribution in [-0.4, -0.2) is 49.7 Å². The van der Waals surface area contributed by atoms with Crippen molar-refractivity contribution in [1.82, 2.24) is 24.6 Å². The molecule has 0 radical (unpaired) electrons. The van der Waals surface area contributed by atoms with Crippen molar-refractivity contribution in [2.75, 3.05) is 18.4 Å². The molecule has 2 heterocycles. The lowest BCUT2D eigenvalue weighted by molar-refractivity contribution is -0.132. The minimum absolute atomic E-state index is 0.197. The molecule has 2 aromatic carbocycles. The number of fused-ring (bicyclic) bond motifs is 1. The van der Waals surface area contributed by atoms with Gasteiger partial charge in [0.1, 0.15) is 11.6 Å². The molecule has 38 heavy (non-hydrogen) atoms. The van der Waals surface area contributed by atoms with Gasteiger partial charge in [-0.15, -0.1) is 0 Å². The van der Waals surface area contributed by atoms with Crippen LogP contribution >= 0.6 is 0 Å². The Balaban J connectivity index is 1.30. The summed E-state index contributed by atoms with van der Waals surface area (Å²) in [4.78, 5) is 25.0. The van der Waals surface area contributed by atoms with E-state index >= 15 is 0 Å². The normalized spacial score (nSPS) is 13.7. The van der Waals surface area contributed by atoms with Gasteiger partial charge in [-0.05, 0) is 54.7 Å². The van der Waals surface area contributed by atoms with Gasteiger partial charge in [0.25, 0.3) is 0 Å². The molecule has 7 heteroatoms. The highest BCUT2D eigenvalue weighted by molar-refractivity contribution is 5.90. The highest BCUT2D eigenvalue weighted by Crippen LogP contribution is 2.26. The molecule has 5 rings (SSSR count). The van der Waals surface area contributed by atoms with Crippen LogP contribution in [0.25, 0.3) is 22.2 Å². The van der Waals surface area contributed by atoms with Crippen LogP contribution in [0, 0.1) is 6.92 Å². The fourth-order valence-electron chi connectivity index (χ4n) is 5.45. The zero-order valence-electron chi connectivity index (χ0n) is 22.6. The zero-order valence-corrected chi connectivity index (χ0v) is 22.6. The highest BCUT2D eigenvalue weighted by atomic mass is 16.2. The van der Waals surface area contributed by atoms with E-state index in [1.54, 1.807) is 6.20 Å². The summed E-state index contributed by atoms with van der Waals surface area (Å²) in [6.07, 6.45) is 8.99. The van der Waals surface area contributed by atoms with E-state index in [1.165, 1.54) is 18.2 Å². The van der Waals surface area contributed by atoms with Crippen molar-refractivity contribution < 1.29 is 4.79 Å². The summed E-state index contributed by atoms with van der Waals surface area (Å²) in [5.41, 5.74) is 2.04. The maximum absolute atomic E-state index is 13.7. The van der Waals surface area contributed by atoms with Crippen LogP contribution < -0.4 is 5.32 Å². The van der Waals surface area contributed by atoms with Crippen molar-refractivity contribution in [2.45, 2.75) is 71.4 Å². The maximum atomic E-state index is 13.7. The first-order valence-electron chi connectivity index (χ1n) is 14.0. The number of nitrogens with one attached hydrogen (secondary N) is 1. The Morgan fingerprint density at radius 2 is 1.92 bits per heavy atom. The zero-order chi connectivity index (χ0) is 26.3. The van der Waals surface area contributed by atoms with E-state index in [0.717, 1.165) is 60.4 Å². The highest BCUT2D eigenvalue weighted by Gasteiger charge is 2.27. The van der Waals surface area contributed by atoms with E-state index in [9.17, 15) is 4.79 Å². The van der Waals surface area contributed by atoms with Gasteiger partial charge in [-0.25, -0.2) is 14.6 Å². The van der Waals surface area contributed by atoms with Gasteiger partial charge in [-0.1, -0.05) is 68.7 Å². The summed E-state index contributed by atoms with van der Waals surface area (Å²) >= 11 is 0. The number of unbranched alkanes of at least 4 members (excludes halogenated alkanes) is 1. The fourth-order valence-corrected chi connectivity index (χ4v) is 5.45. The predicted molar refractivity (Wildman–Crippen MR) is 153 cm³/mol. The minimum atomic E-state index is 0.197. The second kappa shape index (κ2) is 12.2. The van der Waals surface area contributed by atoms with E-state index < -0.39 is 0 Å². The molecule has 0 saturated heterocycles. The molecule has 1 N–H and O–H groups in total. The van der Waals surface area contributed by atoms with Gasteiger partial charge < -0.3 is 10.2 Å². The van der Waals surface area contributed by atoms with Crippen LogP contribution in [0.5, 0.6) is 0 Å². The standard InChI is InChI=1S/C31H38N6O/c1-3-4-17-32-29-21-26(16-18-33-29)31-34-23(2)37(35-31)20-19-36(27-13-6-7-14-27)30(38)22-25-12-9-11-24-10-5-8-15-28(24)25/h5,8-12,15-16,18,21,27H,3-4,6-7,13-14,17,19-20,22H2,1-2H3,(H,32,33). The molecule has 1 saturated carbocycles. The van der Waals surface area contributed by atoms with Crippen molar-refractivity contribution in [2.24, 2.45) is 0 Å². The number of carbonyl (C=O) groups excluding carboxylic acids is 1. The van der Waals surface area contributed by atoms with E-state index in [2.05, 4.69) is 52.5 Å². The molecule has 7 nitrogen and oxygen atoms in total. The second-order valence-corrected chi connectivity index (χ2v) is 10.3. The molecule has 1 aliphatic carbocycles. The summed E-state index contributed by atoms with van der Waals surface area (Å²) in [7, 11) is 0. The number of hydrogen-bond acceptors (Lipinski definition) is 5. The van der Waals surface area contributed by atoms with Crippen LogP contribution in [-0.2, 0) is 17.8 Å². The maximum Gasteiger partial charge on any atom is 0.227 e. The van der Waals surface area contributed by atoms with Gasteiger partial charge in [-0.2, -0.15) is 5.10 Å². The number of anilines is 1. The van der Waals surface area contributed by atoms with Crippen molar-refractivity contribution in [3.05, 3.63) is 72.2 Å². The third kappa shape index (κ3) is 6.04. The topological polar surface area (TPSA) is 75.9 Å². The molecule has 0 spiro atoms. The van der Waals surface area contributed by atoms with Gasteiger partial charge in [0.2, 0.25) is 5.91 Å². The summed E-state index contributed by atoms with van der Waals surface area (Å²) in [5.74, 6) is 2.59. The Labute approximate surface area is 225 Å². The molecule has 1 aliphatic rings. The lowest BCUT2D eigenvalue weighted by Crippen LogP contribution is -2.42. The second-order valence-electron chi connectivity index (χ2n) is 10.3. The molecule has 198 valence electrons. The lowest BCUT2D eigenvalue weighted by Gasteiger charge is -2.29. The Hall–Kier alpha value is -3.74. The first-order valence-corrected chi connectivity index (χ1v) is 14.0. The molecule has 1 fully saturated rings. The van der Waals surface area contributed by atoms with Gasteiger partial charge in [-0.3, -0.25) is 4.79 Å². The molecule has 1 amide bonds. The van der Waals surface area contributed by atoms with Crippen LogP contribution in [0.2, 0.25) is 0 Å². The molecule has 0 aliphatic heterocycles. The molecular weight excluding hydrogens is 472 g/mol. The molecule has 0 unspecified atom stereocenters. The summed E-state index contributed by atoms with van der Waals surface area (Å²) in [6, 6.07) is 18.8. The van der Waals surface area contributed by atoms with Crippen molar-refractivity contribution in [3.8, 4) is 11.4 Å². The average Bonchev–Trinajstić information content (AvgIpc) is 3.60. The fraction of sp³-hybridized carbons (Fsp3) is 0.419. The van der Waals surface area contributed by atoms with Gasteiger partial charge >= 0.3 is 0 Å². The van der Waals surface area contributed by atoms with Crippen LogP contribution in [0.15, 0.2) is 60.8 Å². The Morgan fingerprint density at radius 1 is 1.11 bits per heavy atom. The Kier molecular flexibility index (Phi) is 8.31. The number of pyridine rings is 1. The largest absolute Gasteiger partial charge is 0.370 e. The van der Waals surface area contributed by atoms with Crippen molar-refractivity contribution in [3.63, 3.8) is 0 Å². The average molecular weight is 511 g/mol. The number of aryl methyl sites for hydroxylation is 1. The van der Waals surface area contributed by atoms with Gasteiger partial charge in [0.05, 0.1) is 13.0 Å². The van der Waals surface area contributed by atoms with E-state index in [-0.39, 0.29) is 5.91 Å². The summed E-state index contributed by atoms with van der Waals surface area (Å²) in [5, 5.41) is 10.5. The van der Waals surface area contributed by atoms with Crippen LogP contribution in [0.3, 0.4) is 0 Å². The number of aromatic nitrogens is 4. The number of rotatable bonds is 11. The summed E-state index contributed by atoms with van der Waals surface area (Å²) < 4.78 is 1.94.